The number of rotatable bonds is 20. The second-order valence-electron chi connectivity index (χ2n) is 38.4. The first-order valence-corrected chi connectivity index (χ1v) is 47.3. The van der Waals surface area contributed by atoms with E-state index in [1.807, 2.05) is 52.8 Å². The van der Waals surface area contributed by atoms with E-state index in [2.05, 4.69) is 80.8 Å². The number of aliphatic imine (C=N–C) groups is 5. The Labute approximate surface area is 830 Å². The van der Waals surface area contributed by atoms with Crippen molar-refractivity contribution in [2.45, 2.75) is 178 Å². The van der Waals surface area contributed by atoms with E-state index < -0.39 is 39.3 Å². The molecule has 22 rings (SSSR count). The molecule has 3 amide bonds. The minimum atomic E-state index is -0.935. The molecule has 4 aromatic heterocycles. The topological polar surface area (TPSA) is 445 Å². The molecule has 15 atom stereocenters. The van der Waals surface area contributed by atoms with Crippen LogP contribution in [0, 0.1) is 86.4 Å². The molecular weight excluding hydrogens is 1860 g/mol. The van der Waals surface area contributed by atoms with Crippen LogP contribution in [0.15, 0.2) is 257 Å². The fraction of sp³-hybridized carbons (Fsp3) is 0.303. The predicted molar refractivity (Wildman–Crippen MR) is 525 cm³/mol. The van der Waals surface area contributed by atoms with Crippen LogP contribution < -0.4 is 33.2 Å². The van der Waals surface area contributed by atoms with Crippen LogP contribution in [0.5, 0.6) is 0 Å². The van der Waals surface area contributed by atoms with Gasteiger partial charge in [0.15, 0.2) is 23.1 Å². The Morgan fingerprint density at radius 1 is 0.297 bits per heavy atom. The molecule has 0 radical (unpaired) electrons. The number of carbonyl (C=O) groups excluding carboxylic acids is 7. The quantitative estimate of drug-likeness (QED) is 0.0234. The second-order valence-corrected chi connectivity index (χ2v) is 38.4. The zero-order chi connectivity index (χ0) is 102. The highest BCUT2D eigenvalue weighted by Crippen LogP contribution is 2.58. The van der Waals surface area contributed by atoms with E-state index in [1.165, 1.54) is 61.2 Å². The second kappa shape index (κ2) is 40.2. The van der Waals surface area contributed by atoms with Gasteiger partial charge in [-0.1, -0.05) is 78.9 Å². The number of anilines is 1. The van der Waals surface area contributed by atoms with E-state index in [9.17, 15) is 46.7 Å². The lowest BCUT2D eigenvalue weighted by atomic mass is 9.85. The number of benzene rings is 8. The van der Waals surface area contributed by atoms with Gasteiger partial charge in [0.05, 0.1) is 75.3 Å². The van der Waals surface area contributed by atoms with Gasteiger partial charge in [0.1, 0.15) is 82.4 Å². The van der Waals surface area contributed by atoms with E-state index in [0.29, 0.717) is 96.7 Å². The molecule has 5 aliphatic heterocycles. The Balaban J connectivity index is 0.000000120. The lowest BCUT2D eigenvalue weighted by Crippen LogP contribution is -2.41. The van der Waals surface area contributed by atoms with Crippen LogP contribution in [0.25, 0.3) is 0 Å². The summed E-state index contributed by atoms with van der Waals surface area (Å²) < 4.78 is 102. The summed E-state index contributed by atoms with van der Waals surface area (Å²) in [4.78, 5) is 143. The number of halogens is 5. The third-order valence-corrected chi connectivity index (χ3v) is 27.6. The maximum Gasteiger partial charge on any atom is 0.292 e. The molecule has 740 valence electrons. The summed E-state index contributed by atoms with van der Waals surface area (Å²) in [6.45, 7) is 16.5. The van der Waals surface area contributed by atoms with Gasteiger partial charge < -0.3 is 40.9 Å². The normalized spacial score (nSPS) is 24.8. The number of amidine groups is 5. The number of Topliss-reactive ketones (excluding diaryl/α,β-unsaturated/α-hetero) is 4. The first-order valence-electron chi connectivity index (χ1n) is 47.3. The third-order valence-electron chi connectivity index (χ3n) is 27.6. The Morgan fingerprint density at radius 2 is 0.524 bits per heavy atom. The number of ketones is 4. The molecule has 36 heteroatoms. The van der Waals surface area contributed by atoms with Gasteiger partial charge in [-0.2, -0.15) is 0 Å². The van der Waals surface area contributed by atoms with E-state index in [1.54, 1.807) is 180 Å². The van der Waals surface area contributed by atoms with Crippen molar-refractivity contribution in [1.29, 1.82) is 0 Å². The molecule has 1 unspecified atom stereocenters. The number of carbonyl (C=O) groups is 7. The van der Waals surface area contributed by atoms with E-state index >= 15 is 8.78 Å². The molecule has 145 heavy (non-hydrogen) atoms. The Hall–Kier alpha value is -16.4. The van der Waals surface area contributed by atoms with Crippen LogP contribution in [0.2, 0.25) is 0 Å². The number of fused-ring (bicyclic) bond motifs is 5. The summed E-state index contributed by atoms with van der Waals surface area (Å²) >= 11 is 0. The third kappa shape index (κ3) is 21.8. The fourth-order valence-corrected chi connectivity index (χ4v) is 19.1. The predicted octanol–water partition coefficient (Wildman–Crippen LogP) is 15.0. The molecule has 31 nitrogen and oxygen atoms in total. The molecule has 5 aliphatic carbocycles. The number of nitrogens with two attached hydrogens (primary N) is 3. The molecule has 12 aromatic rings. The van der Waals surface area contributed by atoms with Gasteiger partial charge in [-0.3, -0.25) is 69.4 Å². The highest BCUT2D eigenvalue weighted by molar-refractivity contribution is 6.06. The maximum absolute atomic E-state index is 15.0. The van der Waals surface area contributed by atoms with Gasteiger partial charge in [0.2, 0.25) is 0 Å². The van der Waals surface area contributed by atoms with Crippen molar-refractivity contribution < 1.29 is 79.2 Å². The summed E-state index contributed by atoms with van der Waals surface area (Å²) in [5.74, 6) is -3.44. The number of ether oxygens (including phenoxy) is 5. The number of hydrogen-bond acceptors (Lipinski definition) is 28. The molecule has 9 heterocycles. The standard InChI is InChI=1S/2C26H23FN4O3.2C19H19FN4O2.C19H18FN3O2/c2*1-15-13-29-21(14-28-15)22(32)11-16-8-9-20(27)18(10-16)26(2)19-12-23(19)34-25(31-26)30-24(33)17-6-4-3-5-7-17;2*1-10-8-23-15(9-22-10)16(25)6-11-3-4-14(20)12(5-11)19(2)13-7-17(13)26-18(21)24-19;1-19(13-9-12(21)7-8-15(13)20)14-10-16(14)25-18(23-19)22-17(24)11-5-3-2-4-6-11/h2*3-10,13-14,19,23H,11-12H2,1-2H3,(H,30,31,33);2*3-5,8-9,13,17H,6-7H2,1-2H3,(H2,21,24);2-9,14,16H,10,21H2,1H3,(H,22,23,24)/t2*19-,23+,26+;2*13-,17+,19+;14-,16?,19+/m10100/s1. The Morgan fingerprint density at radius 3 is 0.766 bits per heavy atom. The average Bonchev–Trinajstić information content (AvgIpc) is 1.55. The van der Waals surface area contributed by atoms with E-state index in [-0.39, 0.29) is 186 Å². The van der Waals surface area contributed by atoms with Crippen molar-refractivity contribution in [2.24, 2.45) is 66.0 Å². The SMILES string of the molecule is C[C@]1(c2cc(N)ccc2F)N=C(NC(=O)c2ccccc2)OC2C[C@@H]21.Cc1cnc(C(=O)Cc2ccc(F)c([C@@]3(C)N=C(N)O[C@@H]4C[C@@H]43)c2)cn1.Cc1cnc(C(=O)Cc2ccc(F)c([C@@]3(C)N=C(NC(=O)c4ccccc4)O[C@@H]4C[C@@H]43)c2)cn1.Cc1cnc(C(=O)Cc2ccc(F)c([C@]3(C)N=C(N)O[C@H]4C[C@H]43)c2)cn1.Cc1cnc(C(=O)Cc2ccc(F)c([C@]3(C)N=C(NC(=O)c4ccccc4)O[C@H]4C[C@H]43)c2)cn1. The number of hydrogen-bond donors (Lipinski definition) is 6. The van der Waals surface area contributed by atoms with Crippen LogP contribution in [-0.4, -0.2) is 141 Å². The van der Waals surface area contributed by atoms with E-state index in [0.717, 1.165) is 42.0 Å². The van der Waals surface area contributed by atoms with Gasteiger partial charge in [-0.15, -0.1) is 0 Å². The molecule has 0 saturated heterocycles. The van der Waals surface area contributed by atoms with Crippen molar-refractivity contribution in [2.75, 3.05) is 5.73 Å². The molecular formula is C109H102F5N19O12. The minimum absolute atomic E-state index is 0.00924. The average molecular weight is 1970 g/mol. The Kier molecular flexibility index (Phi) is 27.4. The minimum Gasteiger partial charge on any atom is -0.462 e. The summed E-state index contributed by atoms with van der Waals surface area (Å²) in [5, 5.41) is 8.10. The smallest absolute Gasteiger partial charge is 0.292 e. The van der Waals surface area contributed by atoms with Crippen molar-refractivity contribution in [3.8, 4) is 0 Å². The lowest BCUT2D eigenvalue weighted by Gasteiger charge is -2.31. The number of nitrogen functional groups attached to an aromatic ring is 1. The van der Waals surface area contributed by atoms with Crippen molar-refractivity contribution in [3.05, 3.63) is 373 Å². The summed E-state index contributed by atoms with van der Waals surface area (Å²) in [5.41, 5.74) is 23.8. The molecule has 0 spiro atoms. The molecule has 0 bridgehead atoms. The van der Waals surface area contributed by atoms with Crippen molar-refractivity contribution in [3.63, 3.8) is 0 Å². The number of aromatic nitrogens is 8. The summed E-state index contributed by atoms with van der Waals surface area (Å²) in [7, 11) is 0. The fourth-order valence-electron chi connectivity index (χ4n) is 19.1. The van der Waals surface area contributed by atoms with Crippen LogP contribution in [0.3, 0.4) is 0 Å². The first kappa shape index (κ1) is 98.7. The van der Waals surface area contributed by atoms with Crippen LogP contribution in [-0.2, 0) is 77.1 Å². The van der Waals surface area contributed by atoms with Gasteiger partial charge in [0.25, 0.3) is 47.8 Å². The zero-order valence-electron chi connectivity index (χ0n) is 80.4. The summed E-state index contributed by atoms with van der Waals surface area (Å²) in [6.07, 6.45) is 15.7. The number of amides is 3. The highest BCUT2D eigenvalue weighted by atomic mass is 19.1. The zero-order valence-corrected chi connectivity index (χ0v) is 80.4. The molecule has 5 saturated carbocycles. The van der Waals surface area contributed by atoms with Gasteiger partial charge in [-0.05, 0) is 220 Å². The van der Waals surface area contributed by atoms with Crippen LogP contribution in [0.1, 0.15) is 213 Å². The number of nitrogens with zero attached hydrogens (tertiary/aromatic N) is 13. The van der Waals surface area contributed by atoms with E-state index in [4.69, 9.17) is 40.9 Å². The van der Waals surface area contributed by atoms with Gasteiger partial charge >= 0.3 is 0 Å². The molecule has 9 N–H and O–H groups in total. The Bertz CT molecular complexity index is 6890. The van der Waals surface area contributed by atoms with Crippen LogP contribution >= 0.6 is 0 Å². The highest BCUT2D eigenvalue weighted by Gasteiger charge is 2.62. The van der Waals surface area contributed by atoms with Crippen LogP contribution in [0.4, 0.5) is 27.6 Å². The molecule has 10 aliphatic rings. The lowest BCUT2D eigenvalue weighted by molar-refractivity contribution is 0.0946. The van der Waals surface area contributed by atoms with Crippen molar-refractivity contribution in [1.82, 2.24) is 55.8 Å². The van der Waals surface area contributed by atoms with Gasteiger partial charge in [0, 0.05) is 130 Å². The molecule has 5 fully saturated rings. The molecule has 8 aromatic carbocycles. The van der Waals surface area contributed by atoms with Gasteiger partial charge in [-0.25, -0.2) is 66.9 Å². The van der Waals surface area contributed by atoms with Crippen molar-refractivity contribution >= 4 is 76.7 Å². The first-order chi connectivity index (χ1) is 69.4. The number of aryl methyl sites for hydroxylation is 4. The maximum atomic E-state index is 15.0. The largest absolute Gasteiger partial charge is 0.462 e. The monoisotopic (exact) mass is 1960 g/mol. The summed E-state index contributed by atoms with van der Waals surface area (Å²) in [6, 6.07) is 49.8. The number of nitrogens with one attached hydrogen (secondary N) is 3.